The molecule has 2 aliphatic rings. The van der Waals surface area contributed by atoms with E-state index in [1.165, 1.54) is 56.3 Å². The number of aryl methyl sites for hydroxylation is 1. The van der Waals surface area contributed by atoms with Crippen LogP contribution in [0.4, 0.5) is 0 Å². The lowest BCUT2D eigenvalue weighted by molar-refractivity contribution is -0.122. The lowest BCUT2D eigenvalue weighted by Gasteiger charge is -2.28. The van der Waals surface area contributed by atoms with E-state index < -0.39 is 0 Å². The van der Waals surface area contributed by atoms with Crippen LogP contribution < -0.4 is 10.6 Å². The molecular weight excluding hydrogens is 316 g/mol. The Labute approximate surface area is 151 Å². The van der Waals surface area contributed by atoms with Gasteiger partial charge in [-0.05, 0) is 70.0 Å². The van der Waals surface area contributed by atoms with E-state index >= 15 is 0 Å². The summed E-state index contributed by atoms with van der Waals surface area (Å²) in [7, 11) is 0. The smallest absolute Gasteiger partial charge is 0.290 e. The minimum Gasteiger partial charge on any atom is -0.483 e. The van der Waals surface area contributed by atoms with Crippen molar-refractivity contribution in [2.24, 2.45) is 0 Å². The van der Waals surface area contributed by atoms with Crippen molar-refractivity contribution < 1.29 is 14.7 Å². The number of benzene rings is 1. The van der Waals surface area contributed by atoms with Crippen molar-refractivity contribution in [3.63, 3.8) is 0 Å². The molecule has 1 saturated carbocycles. The van der Waals surface area contributed by atoms with Gasteiger partial charge in [-0.1, -0.05) is 36.2 Å². The zero-order valence-corrected chi connectivity index (χ0v) is 15.2. The summed E-state index contributed by atoms with van der Waals surface area (Å²) >= 11 is 0. The third-order valence-corrected chi connectivity index (χ3v) is 4.79. The molecule has 1 aliphatic heterocycles. The zero-order valence-electron chi connectivity index (χ0n) is 15.2. The number of piperidine rings is 1. The number of carboxylic acid groups (broad SMARTS) is 1. The van der Waals surface area contributed by atoms with Crippen LogP contribution >= 0.6 is 0 Å². The van der Waals surface area contributed by atoms with Gasteiger partial charge in [0.25, 0.3) is 6.47 Å². The average Bonchev–Trinajstić information content (AvgIpc) is 2.66. The fourth-order valence-electron chi connectivity index (χ4n) is 3.33. The first kappa shape index (κ1) is 21.2. The molecule has 0 atom stereocenters. The first-order valence-electron chi connectivity index (χ1n) is 9.26. The molecule has 1 aliphatic carbocycles. The van der Waals surface area contributed by atoms with Gasteiger partial charge in [-0.2, -0.15) is 0 Å². The van der Waals surface area contributed by atoms with Gasteiger partial charge in [0, 0.05) is 6.04 Å². The topological polar surface area (TPSA) is 78.4 Å². The standard InChI is InChI=1S/C14H19NO.C5H11N.CH2O2/c1-11-2-4-12(5-3-11)13-6-8-14(9-7-13)15-10-16;1-2-4-6-5-3-1;2-1-3/h2-5,10,13-14H,6-9H2,1H3,(H,15,16);6H,1-5H2;1H,(H,2,3). The van der Waals surface area contributed by atoms with Crippen molar-refractivity contribution >= 4 is 12.9 Å². The average molecular weight is 348 g/mol. The summed E-state index contributed by atoms with van der Waals surface area (Å²) in [6, 6.07) is 9.26. The summed E-state index contributed by atoms with van der Waals surface area (Å²) < 4.78 is 0. The molecule has 1 amide bonds. The van der Waals surface area contributed by atoms with Gasteiger partial charge in [0.15, 0.2) is 0 Å². The van der Waals surface area contributed by atoms with Gasteiger partial charge in [-0.3, -0.25) is 9.59 Å². The van der Waals surface area contributed by atoms with Crippen molar-refractivity contribution in [3.05, 3.63) is 35.4 Å². The maximum absolute atomic E-state index is 10.4. The lowest BCUT2D eigenvalue weighted by Crippen LogP contribution is -2.31. The second-order valence-corrected chi connectivity index (χ2v) is 6.66. The first-order chi connectivity index (χ1) is 12.2. The van der Waals surface area contributed by atoms with Crippen LogP contribution in [-0.2, 0) is 9.59 Å². The number of hydrogen-bond donors (Lipinski definition) is 3. The molecular formula is C20H32N2O3. The number of carbonyl (C=O) groups excluding carboxylic acids is 1. The van der Waals surface area contributed by atoms with Crippen molar-refractivity contribution in [2.45, 2.75) is 63.8 Å². The number of rotatable bonds is 3. The molecule has 1 saturated heterocycles. The largest absolute Gasteiger partial charge is 0.483 e. The molecule has 2 fully saturated rings. The highest BCUT2D eigenvalue weighted by atomic mass is 16.3. The number of amides is 1. The van der Waals surface area contributed by atoms with E-state index in [9.17, 15) is 4.79 Å². The molecule has 1 heterocycles. The maximum atomic E-state index is 10.4. The summed E-state index contributed by atoms with van der Waals surface area (Å²) in [4.78, 5) is 18.7. The monoisotopic (exact) mass is 348 g/mol. The third kappa shape index (κ3) is 9.25. The first-order valence-corrected chi connectivity index (χ1v) is 9.26. The summed E-state index contributed by atoms with van der Waals surface area (Å²) in [5.41, 5.74) is 2.77. The predicted molar refractivity (Wildman–Crippen MR) is 101 cm³/mol. The molecule has 3 rings (SSSR count). The van der Waals surface area contributed by atoms with Gasteiger partial charge in [-0.25, -0.2) is 0 Å². The van der Waals surface area contributed by atoms with Gasteiger partial charge in [0.1, 0.15) is 0 Å². The maximum Gasteiger partial charge on any atom is 0.290 e. The summed E-state index contributed by atoms with van der Waals surface area (Å²) in [6.45, 7) is 4.37. The Balaban J connectivity index is 0.000000287. The highest BCUT2D eigenvalue weighted by Gasteiger charge is 2.21. The molecule has 0 aromatic heterocycles. The van der Waals surface area contributed by atoms with Crippen LogP contribution in [0.1, 0.15) is 62.0 Å². The minimum absolute atomic E-state index is 0.250. The van der Waals surface area contributed by atoms with Gasteiger partial charge in [0.2, 0.25) is 6.41 Å². The van der Waals surface area contributed by atoms with E-state index in [0.717, 1.165) is 19.3 Å². The molecule has 140 valence electrons. The summed E-state index contributed by atoms with van der Waals surface area (Å²) in [5, 5.41) is 13.1. The van der Waals surface area contributed by atoms with Crippen LogP contribution in [0.5, 0.6) is 0 Å². The Morgan fingerprint density at radius 3 is 1.96 bits per heavy atom. The van der Waals surface area contributed by atoms with Crippen LogP contribution in [0.15, 0.2) is 24.3 Å². The Morgan fingerprint density at radius 1 is 1.00 bits per heavy atom. The second-order valence-electron chi connectivity index (χ2n) is 6.66. The molecule has 0 spiro atoms. The Hall–Kier alpha value is -1.88. The number of carbonyl (C=O) groups is 2. The van der Waals surface area contributed by atoms with Crippen LogP contribution in [0.2, 0.25) is 0 Å². The number of nitrogens with one attached hydrogen (secondary N) is 2. The Kier molecular flexibility index (Phi) is 11.4. The van der Waals surface area contributed by atoms with Crippen LogP contribution in [-0.4, -0.2) is 37.1 Å². The highest BCUT2D eigenvalue weighted by Crippen LogP contribution is 2.32. The molecule has 3 N–H and O–H groups in total. The van der Waals surface area contributed by atoms with E-state index in [1.54, 1.807) is 0 Å². The molecule has 0 radical (unpaired) electrons. The van der Waals surface area contributed by atoms with E-state index in [-0.39, 0.29) is 6.47 Å². The molecule has 5 heteroatoms. The van der Waals surface area contributed by atoms with Crippen LogP contribution in [0.25, 0.3) is 0 Å². The molecule has 5 nitrogen and oxygen atoms in total. The molecule has 1 aromatic rings. The van der Waals surface area contributed by atoms with Gasteiger partial charge < -0.3 is 15.7 Å². The quantitative estimate of drug-likeness (QED) is 0.733. The SMILES string of the molecule is C1CCNCC1.Cc1ccc(C2CCC(NC=O)CC2)cc1.O=CO. The normalized spacial score (nSPS) is 22.3. The summed E-state index contributed by atoms with van der Waals surface area (Å²) in [5.74, 6) is 0.685. The zero-order chi connectivity index (χ0) is 18.3. The molecule has 1 aromatic carbocycles. The number of hydrogen-bond acceptors (Lipinski definition) is 3. The van der Waals surface area contributed by atoms with Crippen molar-refractivity contribution in [1.82, 2.24) is 10.6 Å². The van der Waals surface area contributed by atoms with Crippen molar-refractivity contribution in [3.8, 4) is 0 Å². The van der Waals surface area contributed by atoms with Crippen molar-refractivity contribution in [1.29, 1.82) is 0 Å². The minimum atomic E-state index is -0.250. The van der Waals surface area contributed by atoms with E-state index in [4.69, 9.17) is 9.90 Å². The Morgan fingerprint density at radius 2 is 1.56 bits per heavy atom. The Bertz CT molecular complexity index is 453. The lowest BCUT2D eigenvalue weighted by atomic mass is 9.81. The van der Waals surface area contributed by atoms with E-state index in [0.29, 0.717) is 12.0 Å². The highest BCUT2D eigenvalue weighted by molar-refractivity contribution is 5.46. The van der Waals surface area contributed by atoms with E-state index in [1.807, 2.05) is 0 Å². The molecule has 25 heavy (non-hydrogen) atoms. The van der Waals surface area contributed by atoms with E-state index in [2.05, 4.69) is 41.8 Å². The fraction of sp³-hybridized carbons (Fsp3) is 0.600. The van der Waals surface area contributed by atoms with Crippen molar-refractivity contribution in [2.75, 3.05) is 13.1 Å². The fourth-order valence-corrected chi connectivity index (χ4v) is 3.33. The molecule has 0 unspecified atom stereocenters. The predicted octanol–water partition coefficient (Wildman–Crippen LogP) is 3.23. The van der Waals surface area contributed by atoms with Gasteiger partial charge in [0.05, 0.1) is 0 Å². The second kappa shape index (κ2) is 13.4. The van der Waals surface area contributed by atoms with Gasteiger partial charge in [-0.15, -0.1) is 0 Å². The summed E-state index contributed by atoms with van der Waals surface area (Å²) in [6.07, 6.45) is 9.64. The molecule has 0 bridgehead atoms. The third-order valence-electron chi connectivity index (χ3n) is 4.79. The van der Waals surface area contributed by atoms with Gasteiger partial charge >= 0.3 is 0 Å². The van der Waals surface area contributed by atoms with Crippen LogP contribution in [0.3, 0.4) is 0 Å². The van der Waals surface area contributed by atoms with Crippen LogP contribution in [0, 0.1) is 6.92 Å².